The van der Waals surface area contributed by atoms with Crippen molar-refractivity contribution in [3.63, 3.8) is 0 Å². The molecule has 1 saturated heterocycles. The van der Waals surface area contributed by atoms with E-state index in [1.807, 2.05) is 11.6 Å². The Balaban J connectivity index is 1.97. The second-order valence-electron chi connectivity index (χ2n) is 4.04. The molecule has 1 atom stereocenters. The molecule has 0 bridgehead atoms. The van der Waals surface area contributed by atoms with Crippen LogP contribution in [-0.2, 0) is 17.8 Å². The fourth-order valence-corrected chi connectivity index (χ4v) is 1.91. The molecule has 1 aliphatic rings. The molecular formula is C10H18N6O. The maximum atomic E-state index is 7.40. The van der Waals surface area contributed by atoms with Gasteiger partial charge >= 0.3 is 0 Å². The number of nitrogens with one attached hydrogen (secondary N) is 1. The lowest BCUT2D eigenvalue weighted by atomic mass is 10.2. The van der Waals surface area contributed by atoms with E-state index in [2.05, 4.69) is 15.0 Å². The Morgan fingerprint density at radius 3 is 3.24 bits per heavy atom. The first-order chi connectivity index (χ1) is 8.20. The molecule has 0 aromatic carbocycles. The third-order valence-electron chi connectivity index (χ3n) is 2.86. The number of amidine groups is 1. The van der Waals surface area contributed by atoms with Gasteiger partial charge in [-0.15, -0.1) is 0 Å². The normalized spacial score (nSPS) is 21.6. The van der Waals surface area contributed by atoms with Crippen molar-refractivity contribution in [2.75, 3.05) is 19.7 Å². The number of aryl methyl sites for hydroxylation is 1. The molecular weight excluding hydrogens is 220 g/mol. The summed E-state index contributed by atoms with van der Waals surface area (Å²) in [5, 5.41) is 11.5. The van der Waals surface area contributed by atoms with Crippen LogP contribution in [-0.4, -0.2) is 51.3 Å². The number of nitrogens with two attached hydrogens (primary N) is 1. The minimum atomic E-state index is -0.290. The number of hydrogen-bond acceptors (Lipinski definition) is 5. The van der Waals surface area contributed by atoms with Gasteiger partial charge in [0.05, 0.1) is 13.2 Å². The van der Waals surface area contributed by atoms with Crippen molar-refractivity contribution in [3.05, 3.63) is 12.2 Å². The fraction of sp³-hybridized carbons (Fsp3) is 0.700. The van der Waals surface area contributed by atoms with Crippen LogP contribution in [0.25, 0.3) is 0 Å². The molecule has 2 rings (SSSR count). The van der Waals surface area contributed by atoms with E-state index in [0.29, 0.717) is 13.2 Å². The van der Waals surface area contributed by atoms with Gasteiger partial charge in [-0.25, -0.2) is 9.67 Å². The van der Waals surface area contributed by atoms with Crippen LogP contribution >= 0.6 is 0 Å². The smallest absolute Gasteiger partial charge is 0.140 e. The summed E-state index contributed by atoms with van der Waals surface area (Å²) < 4.78 is 7.28. The number of ether oxygens (including phenoxy) is 1. The molecule has 0 saturated carbocycles. The van der Waals surface area contributed by atoms with E-state index in [1.54, 1.807) is 6.33 Å². The summed E-state index contributed by atoms with van der Waals surface area (Å²) in [6.45, 7) is 5.66. The van der Waals surface area contributed by atoms with E-state index in [-0.39, 0.29) is 11.9 Å². The van der Waals surface area contributed by atoms with Crippen LogP contribution in [0.2, 0.25) is 0 Å². The monoisotopic (exact) mass is 238 g/mol. The largest absolute Gasteiger partial charge is 0.385 e. The average molecular weight is 238 g/mol. The molecule has 17 heavy (non-hydrogen) atoms. The first kappa shape index (κ1) is 12.0. The zero-order valence-electron chi connectivity index (χ0n) is 9.96. The predicted molar refractivity (Wildman–Crippen MR) is 62.6 cm³/mol. The Labute approximate surface area is 100 Å². The molecule has 7 heteroatoms. The molecule has 1 aliphatic heterocycles. The first-order valence-corrected chi connectivity index (χ1v) is 5.75. The molecule has 1 unspecified atom stereocenters. The molecule has 2 heterocycles. The molecule has 1 fully saturated rings. The number of nitrogens with zero attached hydrogens (tertiary/aromatic N) is 4. The highest BCUT2D eigenvalue weighted by molar-refractivity contribution is 5.82. The maximum Gasteiger partial charge on any atom is 0.140 e. The van der Waals surface area contributed by atoms with Gasteiger partial charge in [-0.05, 0) is 6.92 Å². The van der Waals surface area contributed by atoms with E-state index in [9.17, 15) is 0 Å². The highest BCUT2D eigenvalue weighted by Crippen LogP contribution is 2.08. The summed E-state index contributed by atoms with van der Waals surface area (Å²) >= 11 is 0. The van der Waals surface area contributed by atoms with Crippen molar-refractivity contribution in [1.82, 2.24) is 19.7 Å². The lowest BCUT2D eigenvalue weighted by molar-refractivity contribution is 0.000973. The average Bonchev–Trinajstić information content (AvgIpc) is 2.76. The number of rotatable bonds is 4. The van der Waals surface area contributed by atoms with Gasteiger partial charge in [0.15, 0.2) is 0 Å². The molecule has 0 spiro atoms. The van der Waals surface area contributed by atoms with Crippen LogP contribution in [0, 0.1) is 5.41 Å². The summed E-state index contributed by atoms with van der Waals surface area (Å²) in [5.74, 6) is 1.03. The number of aromatic nitrogens is 3. The summed E-state index contributed by atoms with van der Waals surface area (Å²) in [4.78, 5) is 6.42. The van der Waals surface area contributed by atoms with Gasteiger partial charge in [-0.2, -0.15) is 5.10 Å². The van der Waals surface area contributed by atoms with Crippen molar-refractivity contribution in [2.45, 2.75) is 26.1 Å². The Bertz CT molecular complexity index is 390. The van der Waals surface area contributed by atoms with E-state index < -0.39 is 0 Å². The Morgan fingerprint density at radius 2 is 2.53 bits per heavy atom. The van der Waals surface area contributed by atoms with Crippen molar-refractivity contribution in [1.29, 1.82) is 5.41 Å². The Morgan fingerprint density at radius 1 is 1.71 bits per heavy atom. The van der Waals surface area contributed by atoms with Crippen LogP contribution in [0.3, 0.4) is 0 Å². The van der Waals surface area contributed by atoms with Crippen molar-refractivity contribution in [2.24, 2.45) is 5.73 Å². The van der Waals surface area contributed by atoms with E-state index in [0.717, 1.165) is 25.5 Å². The van der Waals surface area contributed by atoms with Gasteiger partial charge in [-0.3, -0.25) is 10.3 Å². The Kier molecular flexibility index (Phi) is 3.70. The predicted octanol–water partition coefficient (Wildman–Crippen LogP) is -0.565. The van der Waals surface area contributed by atoms with Crippen molar-refractivity contribution < 1.29 is 4.74 Å². The molecule has 3 N–H and O–H groups in total. The summed E-state index contributed by atoms with van der Waals surface area (Å²) in [7, 11) is 0. The number of hydrogen-bond donors (Lipinski definition) is 2. The van der Waals surface area contributed by atoms with Gasteiger partial charge in [0.2, 0.25) is 0 Å². The van der Waals surface area contributed by atoms with Crippen LogP contribution in [0.5, 0.6) is 0 Å². The van der Waals surface area contributed by atoms with Crippen LogP contribution in [0.1, 0.15) is 12.7 Å². The lowest BCUT2D eigenvalue weighted by Gasteiger charge is -2.31. The van der Waals surface area contributed by atoms with E-state index in [4.69, 9.17) is 15.9 Å². The zero-order valence-corrected chi connectivity index (χ0v) is 9.96. The van der Waals surface area contributed by atoms with Crippen LogP contribution in [0.15, 0.2) is 6.33 Å². The van der Waals surface area contributed by atoms with E-state index >= 15 is 0 Å². The second-order valence-corrected chi connectivity index (χ2v) is 4.04. The third-order valence-corrected chi connectivity index (χ3v) is 2.86. The Hall–Kier alpha value is -1.47. The van der Waals surface area contributed by atoms with Gasteiger partial charge in [0.1, 0.15) is 24.1 Å². The second kappa shape index (κ2) is 5.24. The standard InChI is InChI=1S/C10H18N6O/c1-2-16-9(13-7-14-16)6-15-3-4-17-8(5-15)10(11)12/h7-8H,2-6H2,1H3,(H3,11,12). The van der Waals surface area contributed by atoms with Crippen molar-refractivity contribution in [3.8, 4) is 0 Å². The van der Waals surface area contributed by atoms with Crippen molar-refractivity contribution >= 4 is 5.84 Å². The molecule has 1 aromatic rings. The molecule has 0 amide bonds. The van der Waals surface area contributed by atoms with Gasteiger partial charge in [0.25, 0.3) is 0 Å². The minimum absolute atomic E-state index is 0.0895. The molecule has 0 radical (unpaired) electrons. The molecule has 0 aliphatic carbocycles. The maximum absolute atomic E-state index is 7.40. The summed E-state index contributed by atoms with van der Waals surface area (Å²) in [5.41, 5.74) is 5.46. The van der Waals surface area contributed by atoms with Gasteiger partial charge < -0.3 is 10.5 Å². The summed E-state index contributed by atoms with van der Waals surface area (Å²) in [6, 6.07) is 0. The lowest BCUT2D eigenvalue weighted by Crippen LogP contribution is -2.47. The zero-order chi connectivity index (χ0) is 12.3. The highest BCUT2D eigenvalue weighted by Gasteiger charge is 2.23. The topological polar surface area (TPSA) is 93.0 Å². The van der Waals surface area contributed by atoms with Crippen LogP contribution < -0.4 is 5.73 Å². The molecule has 94 valence electrons. The molecule has 7 nitrogen and oxygen atoms in total. The first-order valence-electron chi connectivity index (χ1n) is 5.75. The SMILES string of the molecule is CCn1ncnc1CN1CCOC(C(=N)N)C1. The highest BCUT2D eigenvalue weighted by atomic mass is 16.5. The van der Waals surface area contributed by atoms with Crippen LogP contribution in [0.4, 0.5) is 0 Å². The van der Waals surface area contributed by atoms with E-state index in [1.165, 1.54) is 0 Å². The third kappa shape index (κ3) is 2.80. The molecule has 1 aromatic heterocycles. The van der Waals surface area contributed by atoms with Gasteiger partial charge in [0, 0.05) is 19.6 Å². The quantitative estimate of drug-likeness (QED) is 0.541. The summed E-state index contributed by atoms with van der Waals surface area (Å²) in [6.07, 6.45) is 1.28. The minimum Gasteiger partial charge on any atom is -0.385 e. The fourth-order valence-electron chi connectivity index (χ4n) is 1.91. The number of morpholine rings is 1. The van der Waals surface area contributed by atoms with Gasteiger partial charge in [-0.1, -0.05) is 0 Å².